The van der Waals surface area contributed by atoms with Gasteiger partial charge in [0.1, 0.15) is 0 Å². The monoisotopic (exact) mass is 415 g/mol. The molecule has 2 aromatic rings. The Morgan fingerprint density at radius 1 is 1.24 bits per heavy atom. The van der Waals surface area contributed by atoms with E-state index in [9.17, 15) is 4.79 Å². The van der Waals surface area contributed by atoms with Gasteiger partial charge in [-0.3, -0.25) is 24.1 Å². The summed E-state index contributed by atoms with van der Waals surface area (Å²) in [5, 5.41) is 7.80. The second kappa shape index (κ2) is 9.15. The van der Waals surface area contributed by atoms with Gasteiger partial charge in [0, 0.05) is 56.7 Å². The average molecular weight is 416 g/mol. The largest absolute Gasteiger partial charge is 0.355 e. The number of aromatic nitrogens is 4. The summed E-state index contributed by atoms with van der Waals surface area (Å²) in [6.07, 6.45) is 6.91. The van der Waals surface area contributed by atoms with E-state index in [2.05, 4.69) is 31.6 Å². The predicted octanol–water partition coefficient (Wildman–Crippen LogP) is 1.91. The van der Waals surface area contributed by atoms with Crippen LogP contribution in [0.4, 0.5) is 0 Å². The molecule has 1 saturated carbocycles. The average Bonchev–Trinajstić information content (AvgIpc) is 3.53. The van der Waals surface area contributed by atoms with Gasteiger partial charge in [-0.05, 0) is 43.6 Å². The van der Waals surface area contributed by atoms with Gasteiger partial charge in [-0.2, -0.15) is 5.10 Å². The van der Waals surface area contributed by atoms with Crippen molar-refractivity contribution in [1.82, 2.24) is 34.4 Å². The SMILES string of the molecule is CCCNC(=O)CN1CCN(Cn2nc(-c3cccnc3)n(C3CC3)c2=S)CC1. The first kappa shape index (κ1) is 20.2. The van der Waals surface area contributed by atoms with Gasteiger partial charge in [0.05, 0.1) is 13.2 Å². The van der Waals surface area contributed by atoms with Crippen molar-refractivity contribution in [2.24, 2.45) is 0 Å². The van der Waals surface area contributed by atoms with Crippen molar-refractivity contribution < 1.29 is 4.79 Å². The molecule has 29 heavy (non-hydrogen) atoms. The molecule has 2 fully saturated rings. The smallest absolute Gasteiger partial charge is 0.234 e. The molecule has 0 radical (unpaired) electrons. The van der Waals surface area contributed by atoms with Gasteiger partial charge in [-0.25, -0.2) is 4.68 Å². The number of nitrogens with zero attached hydrogens (tertiary/aromatic N) is 6. The molecule has 2 aliphatic rings. The van der Waals surface area contributed by atoms with Crippen LogP contribution in [0.1, 0.15) is 32.2 Å². The molecule has 156 valence electrons. The number of carbonyl (C=O) groups excluding carboxylic acids is 1. The van der Waals surface area contributed by atoms with E-state index in [0.29, 0.717) is 19.3 Å². The zero-order valence-electron chi connectivity index (χ0n) is 17.0. The van der Waals surface area contributed by atoms with Crippen molar-refractivity contribution in [1.29, 1.82) is 0 Å². The van der Waals surface area contributed by atoms with Gasteiger partial charge in [0.15, 0.2) is 10.6 Å². The maximum atomic E-state index is 11.9. The van der Waals surface area contributed by atoms with Crippen LogP contribution in [0.5, 0.6) is 0 Å². The lowest BCUT2D eigenvalue weighted by atomic mass is 10.3. The standard InChI is InChI=1S/C20H29N7OS/c1-2-7-22-18(28)14-24-9-11-25(12-10-24)15-26-20(29)27(17-5-6-17)19(23-26)16-4-3-8-21-13-16/h3-4,8,13,17H,2,5-7,9-12,14-15H2,1H3,(H,22,28). The highest BCUT2D eigenvalue weighted by Gasteiger charge is 2.29. The summed E-state index contributed by atoms with van der Waals surface area (Å²) >= 11 is 5.77. The van der Waals surface area contributed by atoms with Gasteiger partial charge in [0.2, 0.25) is 5.91 Å². The Morgan fingerprint density at radius 3 is 2.66 bits per heavy atom. The van der Waals surface area contributed by atoms with Gasteiger partial charge < -0.3 is 5.32 Å². The van der Waals surface area contributed by atoms with Crippen LogP contribution in [0.15, 0.2) is 24.5 Å². The Balaban J connectivity index is 1.39. The molecule has 1 N–H and O–H groups in total. The quantitative estimate of drug-likeness (QED) is 0.664. The zero-order chi connectivity index (χ0) is 20.2. The molecular weight excluding hydrogens is 386 g/mol. The van der Waals surface area contributed by atoms with Crippen molar-refractivity contribution in [3.63, 3.8) is 0 Å². The van der Waals surface area contributed by atoms with E-state index in [1.807, 2.05) is 23.0 Å². The minimum Gasteiger partial charge on any atom is -0.355 e. The third-order valence-corrected chi connectivity index (χ3v) is 5.85. The third-order valence-electron chi connectivity index (χ3n) is 5.44. The number of amides is 1. The Hall–Kier alpha value is -2.10. The van der Waals surface area contributed by atoms with E-state index in [1.165, 1.54) is 0 Å². The van der Waals surface area contributed by atoms with Gasteiger partial charge in [-0.15, -0.1) is 0 Å². The van der Waals surface area contributed by atoms with Crippen LogP contribution in [0.3, 0.4) is 0 Å². The lowest BCUT2D eigenvalue weighted by Crippen LogP contribution is -2.49. The molecule has 1 amide bonds. The minimum absolute atomic E-state index is 0.117. The number of piperazine rings is 1. The number of pyridine rings is 1. The highest BCUT2D eigenvalue weighted by Crippen LogP contribution is 2.38. The number of hydrogen-bond acceptors (Lipinski definition) is 6. The summed E-state index contributed by atoms with van der Waals surface area (Å²) in [6.45, 7) is 7.55. The van der Waals surface area contributed by atoms with Crippen molar-refractivity contribution >= 4 is 18.1 Å². The minimum atomic E-state index is 0.117. The maximum Gasteiger partial charge on any atom is 0.234 e. The summed E-state index contributed by atoms with van der Waals surface area (Å²) in [5.41, 5.74) is 1.01. The molecule has 9 heteroatoms. The molecule has 1 saturated heterocycles. The molecule has 1 aliphatic heterocycles. The summed E-state index contributed by atoms with van der Waals surface area (Å²) in [7, 11) is 0. The third kappa shape index (κ3) is 4.91. The molecule has 0 spiro atoms. The van der Waals surface area contributed by atoms with Gasteiger partial charge in [-0.1, -0.05) is 6.92 Å². The van der Waals surface area contributed by atoms with E-state index in [1.54, 1.807) is 6.20 Å². The highest BCUT2D eigenvalue weighted by atomic mass is 32.1. The van der Waals surface area contributed by atoms with Crippen molar-refractivity contribution in [2.45, 2.75) is 38.9 Å². The molecule has 3 heterocycles. The Bertz CT molecular complexity index is 882. The second-order valence-corrected chi connectivity index (χ2v) is 8.20. The number of nitrogens with one attached hydrogen (secondary N) is 1. The van der Waals surface area contributed by atoms with Crippen molar-refractivity contribution in [2.75, 3.05) is 39.3 Å². The fourth-order valence-corrected chi connectivity index (χ4v) is 4.00. The second-order valence-electron chi connectivity index (χ2n) is 7.83. The molecule has 0 atom stereocenters. The normalized spacial score (nSPS) is 18.1. The summed E-state index contributed by atoms with van der Waals surface area (Å²) in [5.74, 6) is 1.03. The molecule has 0 aromatic carbocycles. The predicted molar refractivity (Wildman–Crippen MR) is 114 cm³/mol. The molecule has 1 aliphatic carbocycles. The van der Waals surface area contributed by atoms with Crippen molar-refractivity contribution in [3.05, 3.63) is 29.3 Å². The Labute approximate surface area is 176 Å². The molecule has 0 bridgehead atoms. The number of hydrogen-bond donors (Lipinski definition) is 1. The molecule has 8 nitrogen and oxygen atoms in total. The van der Waals surface area contributed by atoms with E-state index in [-0.39, 0.29) is 5.91 Å². The van der Waals surface area contributed by atoms with Crippen LogP contribution in [0.25, 0.3) is 11.4 Å². The van der Waals surface area contributed by atoms with Crippen LogP contribution < -0.4 is 5.32 Å². The van der Waals surface area contributed by atoms with E-state index in [4.69, 9.17) is 17.3 Å². The van der Waals surface area contributed by atoms with Crippen LogP contribution >= 0.6 is 12.2 Å². The Morgan fingerprint density at radius 2 is 2.00 bits per heavy atom. The number of rotatable bonds is 8. The first-order chi connectivity index (χ1) is 14.2. The van der Waals surface area contributed by atoms with E-state index < -0.39 is 0 Å². The van der Waals surface area contributed by atoms with E-state index in [0.717, 1.165) is 68.1 Å². The van der Waals surface area contributed by atoms with Gasteiger partial charge in [0.25, 0.3) is 0 Å². The Kier molecular flexibility index (Phi) is 6.37. The summed E-state index contributed by atoms with van der Waals surface area (Å²) in [6, 6.07) is 4.44. The van der Waals surface area contributed by atoms with Crippen LogP contribution in [-0.2, 0) is 11.5 Å². The van der Waals surface area contributed by atoms with Crippen LogP contribution in [0, 0.1) is 4.77 Å². The van der Waals surface area contributed by atoms with Gasteiger partial charge >= 0.3 is 0 Å². The summed E-state index contributed by atoms with van der Waals surface area (Å²) in [4.78, 5) is 20.7. The topological polar surface area (TPSA) is 71.2 Å². The highest BCUT2D eigenvalue weighted by molar-refractivity contribution is 7.71. The maximum absolute atomic E-state index is 11.9. The fraction of sp³-hybridized carbons (Fsp3) is 0.600. The fourth-order valence-electron chi connectivity index (χ4n) is 3.67. The molecule has 4 rings (SSSR count). The van der Waals surface area contributed by atoms with E-state index >= 15 is 0 Å². The molecular formula is C20H29N7OS. The zero-order valence-corrected chi connectivity index (χ0v) is 17.8. The van der Waals surface area contributed by atoms with Crippen LogP contribution in [-0.4, -0.2) is 74.3 Å². The summed E-state index contributed by atoms with van der Waals surface area (Å²) < 4.78 is 4.92. The molecule has 0 unspecified atom stereocenters. The van der Waals surface area contributed by atoms with Crippen molar-refractivity contribution in [3.8, 4) is 11.4 Å². The first-order valence-electron chi connectivity index (χ1n) is 10.5. The lowest BCUT2D eigenvalue weighted by Gasteiger charge is -2.33. The van der Waals surface area contributed by atoms with Crippen LogP contribution in [0.2, 0.25) is 0 Å². The number of carbonyl (C=O) groups is 1. The lowest BCUT2D eigenvalue weighted by molar-refractivity contribution is -0.122. The first-order valence-corrected chi connectivity index (χ1v) is 10.9. The molecule has 2 aromatic heterocycles.